The molecule has 0 saturated heterocycles. The Kier molecular flexibility index (Phi) is 4.05. The number of hydrogen-bond acceptors (Lipinski definition) is 5. The summed E-state index contributed by atoms with van der Waals surface area (Å²) in [6, 6.07) is 9.16. The van der Waals surface area contributed by atoms with Gasteiger partial charge in [-0.25, -0.2) is 0 Å². The van der Waals surface area contributed by atoms with E-state index >= 15 is 0 Å². The monoisotopic (exact) mass is 277 g/mol. The van der Waals surface area contributed by atoms with Crippen LogP contribution < -0.4 is 5.73 Å². The molecule has 0 saturated carbocycles. The van der Waals surface area contributed by atoms with Gasteiger partial charge in [-0.05, 0) is 11.6 Å². The average molecular weight is 277 g/mol. The van der Waals surface area contributed by atoms with Crippen LogP contribution >= 0.6 is 0 Å². The highest BCUT2D eigenvalue weighted by atomic mass is 16.5. The molecule has 2 rings (SSSR count). The molecule has 20 heavy (non-hydrogen) atoms. The van der Waals surface area contributed by atoms with Gasteiger partial charge in [0.15, 0.2) is 5.72 Å². The third kappa shape index (κ3) is 3.16. The molecule has 106 valence electrons. The topological polar surface area (TPSA) is 98.9 Å². The van der Waals surface area contributed by atoms with Crippen molar-refractivity contribution in [3.05, 3.63) is 48.2 Å². The van der Waals surface area contributed by atoms with Crippen LogP contribution in [0.25, 0.3) is 0 Å². The molecule has 6 nitrogen and oxygen atoms in total. The minimum absolute atomic E-state index is 0.104. The molecule has 2 atom stereocenters. The first-order valence-electron chi connectivity index (χ1n) is 6.07. The lowest BCUT2D eigenvalue weighted by Crippen LogP contribution is -2.50. The summed E-state index contributed by atoms with van der Waals surface area (Å²) in [5.74, 6) is -2.68. The second kappa shape index (κ2) is 5.75. The van der Waals surface area contributed by atoms with E-state index in [1.807, 2.05) is 30.3 Å². The lowest BCUT2D eigenvalue weighted by Gasteiger charge is -2.27. The SMILES string of the molecule is N[C@]1(CC(=O)O)OC=C[C@@H]1C(=O)OCc1ccccc1. The van der Waals surface area contributed by atoms with E-state index in [4.69, 9.17) is 20.3 Å². The number of carboxylic acid groups (broad SMARTS) is 1. The second-order valence-corrected chi connectivity index (χ2v) is 4.54. The van der Waals surface area contributed by atoms with E-state index in [1.165, 1.54) is 12.3 Å². The largest absolute Gasteiger partial charge is 0.481 e. The summed E-state index contributed by atoms with van der Waals surface area (Å²) in [6.45, 7) is 0.104. The minimum Gasteiger partial charge on any atom is -0.481 e. The van der Waals surface area contributed by atoms with Crippen LogP contribution in [-0.4, -0.2) is 22.8 Å². The molecule has 1 aromatic carbocycles. The summed E-state index contributed by atoms with van der Waals surface area (Å²) in [4.78, 5) is 22.8. The molecule has 0 aliphatic carbocycles. The number of nitrogens with two attached hydrogens (primary N) is 1. The minimum atomic E-state index is -1.58. The molecule has 0 fully saturated rings. The van der Waals surface area contributed by atoms with Crippen molar-refractivity contribution in [3.8, 4) is 0 Å². The Morgan fingerprint density at radius 3 is 2.70 bits per heavy atom. The highest BCUT2D eigenvalue weighted by Crippen LogP contribution is 2.29. The summed E-state index contributed by atoms with van der Waals surface area (Å²) < 4.78 is 10.2. The Morgan fingerprint density at radius 1 is 1.35 bits per heavy atom. The fourth-order valence-electron chi connectivity index (χ4n) is 1.97. The lowest BCUT2D eigenvalue weighted by atomic mass is 9.95. The van der Waals surface area contributed by atoms with Crippen molar-refractivity contribution in [3.63, 3.8) is 0 Å². The van der Waals surface area contributed by atoms with E-state index in [0.717, 1.165) is 5.56 Å². The maximum Gasteiger partial charge on any atom is 0.318 e. The van der Waals surface area contributed by atoms with Crippen molar-refractivity contribution in [1.82, 2.24) is 0 Å². The molecule has 0 spiro atoms. The quantitative estimate of drug-likeness (QED) is 0.780. The zero-order valence-electron chi connectivity index (χ0n) is 10.7. The fraction of sp³-hybridized carbons (Fsp3) is 0.286. The van der Waals surface area contributed by atoms with Gasteiger partial charge in [-0.2, -0.15) is 0 Å². The standard InChI is InChI=1S/C14H15NO5/c15-14(8-12(16)17)11(6-7-20-14)13(18)19-9-10-4-2-1-3-5-10/h1-7,11H,8-9,15H2,(H,16,17)/t11-,14-/m1/s1. The number of hydrogen-bond donors (Lipinski definition) is 2. The lowest BCUT2D eigenvalue weighted by molar-refractivity contribution is -0.158. The van der Waals surface area contributed by atoms with Crippen LogP contribution in [0, 0.1) is 5.92 Å². The molecule has 0 bridgehead atoms. The van der Waals surface area contributed by atoms with Gasteiger partial charge in [0, 0.05) is 0 Å². The summed E-state index contributed by atoms with van der Waals surface area (Å²) in [6.07, 6.45) is 2.17. The maximum absolute atomic E-state index is 12.0. The Bertz CT molecular complexity index is 528. The van der Waals surface area contributed by atoms with E-state index < -0.39 is 30.0 Å². The van der Waals surface area contributed by atoms with Crippen LogP contribution in [0.15, 0.2) is 42.7 Å². The van der Waals surface area contributed by atoms with Crippen LogP contribution in [0.1, 0.15) is 12.0 Å². The van der Waals surface area contributed by atoms with Gasteiger partial charge in [0.2, 0.25) is 0 Å². The smallest absolute Gasteiger partial charge is 0.318 e. The zero-order chi connectivity index (χ0) is 14.6. The van der Waals surface area contributed by atoms with E-state index in [-0.39, 0.29) is 6.61 Å². The van der Waals surface area contributed by atoms with Crippen LogP contribution in [0.2, 0.25) is 0 Å². The Hall–Kier alpha value is -2.34. The maximum atomic E-state index is 12.0. The molecule has 1 heterocycles. The van der Waals surface area contributed by atoms with E-state index in [1.54, 1.807) is 0 Å². The van der Waals surface area contributed by atoms with Gasteiger partial charge in [-0.15, -0.1) is 0 Å². The molecular formula is C14H15NO5. The Labute approximate surface area is 115 Å². The van der Waals surface area contributed by atoms with Crippen molar-refractivity contribution in [2.75, 3.05) is 0 Å². The third-order valence-electron chi connectivity index (χ3n) is 2.99. The number of rotatable bonds is 5. The molecule has 6 heteroatoms. The molecule has 0 amide bonds. The van der Waals surface area contributed by atoms with Crippen LogP contribution in [0.3, 0.4) is 0 Å². The first-order chi connectivity index (χ1) is 9.51. The van der Waals surface area contributed by atoms with Crippen LogP contribution in [0.4, 0.5) is 0 Å². The van der Waals surface area contributed by atoms with Crippen molar-refractivity contribution < 1.29 is 24.2 Å². The van der Waals surface area contributed by atoms with Crippen LogP contribution in [0.5, 0.6) is 0 Å². The van der Waals surface area contributed by atoms with Gasteiger partial charge in [0.1, 0.15) is 18.9 Å². The summed E-state index contributed by atoms with van der Waals surface area (Å²) in [5.41, 5.74) is 5.06. The number of benzene rings is 1. The van der Waals surface area contributed by atoms with Crippen molar-refractivity contribution in [1.29, 1.82) is 0 Å². The zero-order valence-corrected chi connectivity index (χ0v) is 10.7. The van der Waals surface area contributed by atoms with Gasteiger partial charge in [0.25, 0.3) is 0 Å². The average Bonchev–Trinajstić information content (AvgIpc) is 2.78. The summed E-state index contributed by atoms with van der Waals surface area (Å²) in [7, 11) is 0. The number of carboxylic acids is 1. The van der Waals surface area contributed by atoms with Gasteiger partial charge in [-0.1, -0.05) is 30.3 Å². The number of esters is 1. The molecule has 1 aromatic rings. The molecule has 0 radical (unpaired) electrons. The van der Waals surface area contributed by atoms with E-state index in [9.17, 15) is 9.59 Å². The van der Waals surface area contributed by atoms with Crippen molar-refractivity contribution >= 4 is 11.9 Å². The molecule has 3 N–H and O–H groups in total. The van der Waals surface area contributed by atoms with Gasteiger partial charge >= 0.3 is 11.9 Å². The molecule has 1 aliphatic rings. The third-order valence-corrected chi connectivity index (χ3v) is 2.99. The van der Waals surface area contributed by atoms with Crippen molar-refractivity contribution in [2.24, 2.45) is 11.7 Å². The van der Waals surface area contributed by atoms with E-state index in [0.29, 0.717) is 0 Å². The van der Waals surface area contributed by atoms with Gasteiger partial charge in [0.05, 0.1) is 6.26 Å². The number of aliphatic carboxylic acids is 1. The Morgan fingerprint density at radius 2 is 2.05 bits per heavy atom. The predicted molar refractivity (Wildman–Crippen MR) is 69.1 cm³/mol. The number of ether oxygens (including phenoxy) is 2. The molecular weight excluding hydrogens is 262 g/mol. The molecule has 0 unspecified atom stereocenters. The highest BCUT2D eigenvalue weighted by molar-refractivity contribution is 5.78. The predicted octanol–water partition coefficient (Wildman–Crippen LogP) is 1.02. The van der Waals surface area contributed by atoms with Crippen LogP contribution in [-0.2, 0) is 25.7 Å². The van der Waals surface area contributed by atoms with Gasteiger partial charge in [-0.3, -0.25) is 15.3 Å². The molecule has 0 aromatic heterocycles. The summed E-state index contributed by atoms with van der Waals surface area (Å²) in [5, 5.41) is 8.81. The van der Waals surface area contributed by atoms with E-state index in [2.05, 4.69) is 0 Å². The number of carbonyl (C=O) groups is 2. The van der Waals surface area contributed by atoms with Crippen molar-refractivity contribution in [2.45, 2.75) is 18.8 Å². The highest BCUT2D eigenvalue weighted by Gasteiger charge is 2.46. The fourth-order valence-corrected chi connectivity index (χ4v) is 1.97. The normalized spacial score (nSPS) is 24.1. The second-order valence-electron chi connectivity index (χ2n) is 4.54. The first kappa shape index (κ1) is 14.1. The summed E-state index contributed by atoms with van der Waals surface area (Å²) >= 11 is 0. The van der Waals surface area contributed by atoms with Gasteiger partial charge < -0.3 is 14.6 Å². The Balaban J connectivity index is 1.97. The number of carbonyl (C=O) groups excluding carboxylic acids is 1. The first-order valence-corrected chi connectivity index (χ1v) is 6.07. The molecule has 1 aliphatic heterocycles.